The number of nitrogens with zero attached hydrogens (tertiary/aromatic N) is 2. The second-order valence-corrected chi connectivity index (χ2v) is 5.36. The molecule has 18 heavy (non-hydrogen) atoms. The van der Waals surface area contributed by atoms with E-state index < -0.39 is 0 Å². The Morgan fingerprint density at radius 2 is 2.00 bits per heavy atom. The van der Waals surface area contributed by atoms with Gasteiger partial charge in [-0.1, -0.05) is 17.4 Å². The summed E-state index contributed by atoms with van der Waals surface area (Å²) in [6.45, 7) is 2.28. The molecule has 1 saturated heterocycles. The van der Waals surface area contributed by atoms with Crippen molar-refractivity contribution in [3.8, 4) is 5.75 Å². The van der Waals surface area contributed by atoms with Crippen LogP contribution in [0, 0.1) is 0 Å². The fourth-order valence-corrected chi connectivity index (χ4v) is 3.33. The summed E-state index contributed by atoms with van der Waals surface area (Å²) < 4.78 is 6.57. The topological polar surface area (TPSA) is 25.4 Å². The number of hydrogen-bond acceptors (Lipinski definition) is 4. The van der Waals surface area contributed by atoms with Crippen molar-refractivity contribution in [1.29, 1.82) is 0 Å². The highest BCUT2D eigenvalue weighted by Gasteiger charge is 2.16. The summed E-state index contributed by atoms with van der Waals surface area (Å²) in [4.78, 5) is 7.12. The Balaban J connectivity index is 0.00000120. The SMILES string of the molecule is COc1cccc2sc(N3CCCCC3)nc12.Cl. The maximum Gasteiger partial charge on any atom is 0.186 e. The van der Waals surface area contributed by atoms with Gasteiger partial charge in [0.1, 0.15) is 11.3 Å². The zero-order valence-corrected chi connectivity index (χ0v) is 12.0. The molecule has 0 atom stereocenters. The van der Waals surface area contributed by atoms with E-state index in [9.17, 15) is 0 Å². The van der Waals surface area contributed by atoms with Gasteiger partial charge in [-0.05, 0) is 31.4 Å². The summed E-state index contributed by atoms with van der Waals surface area (Å²) in [5.41, 5.74) is 1.00. The molecule has 0 bridgehead atoms. The third-order valence-corrected chi connectivity index (χ3v) is 4.30. The van der Waals surface area contributed by atoms with Crippen LogP contribution in [0.15, 0.2) is 18.2 Å². The number of halogens is 1. The average Bonchev–Trinajstić information content (AvgIpc) is 2.83. The molecular formula is C13H17ClN2OS. The van der Waals surface area contributed by atoms with Crippen molar-refractivity contribution in [3.05, 3.63) is 18.2 Å². The maximum absolute atomic E-state index is 5.35. The van der Waals surface area contributed by atoms with E-state index in [-0.39, 0.29) is 12.4 Å². The van der Waals surface area contributed by atoms with Gasteiger partial charge in [0.15, 0.2) is 5.13 Å². The number of benzene rings is 1. The van der Waals surface area contributed by atoms with Crippen LogP contribution < -0.4 is 9.64 Å². The Morgan fingerprint density at radius 3 is 2.72 bits per heavy atom. The molecule has 0 aliphatic carbocycles. The van der Waals surface area contributed by atoms with E-state index in [0.717, 1.165) is 29.5 Å². The van der Waals surface area contributed by atoms with Gasteiger partial charge >= 0.3 is 0 Å². The Morgan fingerprint density at radius 1 is 1.22 bits per heavy atom. The van der Waals surface area contributed by atoms with E-state index in [1.165, 1.54) is 24.0 Å². The fourth-order valence-electron chi connectivity index (χ4n) is 2.30. The summed E-state index contributed by atoms with van der Waals surface area (Å²) in [5.74, 6) is 0.877. The molecule has 1 aliphatic rings. The van der Waals surface area contributed by atoms with Crippen LogP contribution in [0.1, 0.15) is 19.3 Å². The molecule has 1 fully saturated rings. The van der Waals surface area contributed by atoms with Crippen molar-refractivity contribution >= 4 is 39.1 Å². The van der Waals surface area contributed by atoms with Gasteiger partial charge in [0.25, 0.3) is 0 Å². The molecule has 0 radical (unpaired) electrons. The molecule has 3 rings (SSSR count). The lowest BCUT2D eigenvalue weighted by atomic mass is 10.1. The quantitative estimate of drug-likeness (QED) is 0.840. The Kier molecular flexibility index (Phi) is 4.30. The van der Waals surface area contributed by atoms with Crippen molar-refractivity contribution < 1.29 is 4.74 Å². The predicted molar refractivity (Wildman–Crippen MR) is 79.5 cm³/mol. The van der Waals surface area contributed by atoms with Crippen LogP contribution >= 0.6 is 23.7 Å². The number of thiazole rings is 1. The summed E-state index contributed by atoms with van der Waals surface area (Å²) in [5, 5.41) is 1.14. The van der Waals surface area contributed by atoms with Crippen molar-refractivity contribution in [2.24, 2.45) is 0 Å². The second kappa shape index (κ2) is 5.76. The van der Waals surface area contributed by atoms with Gasteiger partial charge in [-0.25, -0.2) is 4.98 Å². The standard InChI is InChI=1S/C13H16N2OS.ClH/c1-16-10-6-5-7-11-12(10)14-13(17-11)15-8-3-2-4-9-15;/h5-7H,2-4,8-9H2,1H3;1H. The highest BCUT2D eigenvalue weighted by Crippen LogP contribution is 2.34. The van der Waals surface area contributed by atoms with Crippen molar-refractivity contribution in [3.63, 3.8) is 0 Å². The molecule has 0 unspecified atom stereocenters. The molecule has 98 valence electrons. The second-order valence-electron chi connectivity index (χ2n) is 4.35. The predicted octanol–water partition coefficient (Wildman–Crippen LogP) is 3.72. The molecular weight excluding hydrogens is 268 g/mol. The Hall–Kier alpha value is -1.00. The van der Waals surface area contributed by atoms with Crippen LogP contribution in [0.5, 0.6) is 5.75 Å². The zero-order valence-electron chi connectivity index (χ0n) is 10.4. The van der Waals surface area contributed by atoms with Crippen molar-refractivity contribution in [2.75, 3.05) is 25.1 Å². The van der Waals surface area contributed by atoms with Crippen molar-refractivity contribution in [1.82, 2.24) is 4.98 Å². The highest BCUT2D eigenvalue weighted by molar-refractivity contribution is 7.22. The first kappa shape index (κ1) is 13.4. The van der Waals surface area contributed by atoms with Gasteiger partial charge < -0.3 is 9.64 Å². The molecule has 0 saturated carbocycles. The smallest absolute Gasteiger partial charge is 0.186 e. The van der Waals surface area contributed by atoms with E-state index >= 15 is 0 Å². The van der Waals surface area contributed by atoms with Crippen LogP contribution in [0.4, 0.5) is 5.13 Å². The van der Waals surface area contributed by atoms with E-state index in [4.69, 9.17) is 9.72 Å². The molecule has 3 nitrogen and oxygen atoms in total. The zero-order chi connectivity index (χ0) is 11.7. The van der Waals surface area contributed by atoms with Gasteiger partial charge in [0, 0.05) is 13.1 Å². The van der Waals surface area contributed by atoms with Crippen LogP contribution in [-0.4, -0.2) is 25.2 Å². The summed E-state index contributed by atoms with van der Waals surface area (Å²) in [7, 11) is 1.70. The Bertz CT molecular complexity index is 523. The number of ether oxygens (including phenoxy) is 1. The first-order chi connectivity index (χ1) is 8.38. The van der Waals surface area contributed by atoms with Gasteiger partial charge in [0.05, 0.1) is 11.8 Å². The number of hydrogen-bond donors (Lipinski definition) is 0. The molecule has 1 aromatic heterocycles. The van der Waals surface area contributed by atoms with Crippen LogP contribution in [0.2, 0.25) is 0 Å². The number of methoxy groups -OCH3 is 1. The lowest BCUT2D eigenvalue weighted by molar-refractivity contribution is 0.419. The molecule has 2 aromatic rings. The molecule has 0 N–H and O–H groups in total. The fraction of sp³-hybridized carbons (Fsp3) is 0.462. The maximum atomic E-state index is 5.35. The van der Waals surface area contributed by atoms with Gasteiger partial charge in [0.2, 0.25) is 0 Å². The number of piperidine rings is 1. The van der Waals surface area contributed by atoms with Gasteiger partial charge in [-0.15, -0.1) is 12.4 Å². The minimum absolute atomic E-state index is 0. The molecule has 1 aromatic carbocycles. The lowest BCUT2D eigenvalue weighted by Gasteiger charge is -2.25. The Labute approximate surface area is 117 Å². The van der Waals surface area contributed by atoms with E-state index in [0.29, 0.717) is 0 Å². The third kappa shape index (κ3) is 2.40. The first-order valence-electron chi connectivity index (χ1n) is 6.07. The van der Waals surface area contributed by atoms with Crippen LogP contribution in [0.25, 0.3) is 10.2 Å². The normalized spacial score (nSPS) is 15.5. The van der Waals surface area contributed by atoms with Crippen LogP contribution in [0.3, 0.4) is 0 Å². The molecule has 1 aliphatic heterocycles. The van der Waals surface area contributed by atoms with Gasteiger partial charge in [-0.3, -0.25) is 0 Å². The average molecular weight is 285 g/mol. The minimum Gasteiger partial charge on any atom is -0.494 e. The monoisotopic (exact) mass is 284 g/mol. The highest BCUT2D eigenvalue weighted by atomic mass is 35.5. The number of fused-ring (bicyclic) bond motifs is 1. The number of para-hydroxylation sites is 1. The number of anilines is 1. The first-order valence-corrected chi connectivity index (χ1v) is 6.88. The molecule has 0 spiro atoms. The summed E-state index contributed by atoms with van der Waals surface area (Å²) in [6.07, 6.45) is 3.92. The minimum atomic E-state index is 0. The summed E-state index contributed by atoms with van der Waals surface area (Å²) >= 11 is 1.77. The molecule has 5 heteroatoms. The molecule has 0 amide bonds. The van der Waals surface area contributed by atoms with Gasteiger partial charge in [-0.2, -0.15) is 0 Å². The van der Waals surface area contributed by atoms with Crippen molar-refractivity contribution in [2.45, 2.75) is 19.3 Å². The van der Waals surface area contributed by atoms with E-state index in [1.807, 2.05) is 12.1 Å². The third-order valence-electron chi connectivity index (χ3n) is 3.22. The number of rotatable bonds is 2. The van der Waals surface area contributed by atoms with E-state index in [2.05, 4.69) is 11.0 Å². The lowest BCUT2D eigenvalue weighted by Crippen LogP contribution is -2.29. The van der Waals surface area contributed by atoms with Crippen LogP contribution in [-0.2, 0) is 0 Å². The summed E-state index contributed by atoms with van der Waals surface area (Å²) in [6, 6.07) is 6.12. The van der Waals surface area contributed by atoms with E-state index in [1.54, 1.807) is 18.4 Å². The number of aromatic nitrogens is 1. The largest absolute Gasteiger partial charge is 0.494 e. The molecule has 2 heterocycles.